The number of pyridine rings is 1. The third-order valence-electron chi connectivity index (χ3n) is 2.57. The Morgan fingerprint density at radius 3 is 2.56 bits per heavy atom. The molecular weight excluding hydrogens is 200 g/mol. The third-order valence-corrected chi connectivity index (χ3v) is 2.57. The van der Waals surface area contributed by atoms with Gasteiger partial charge in [-0.3, -0.25) is 4.98 Å². The highest BCUT2D eigenvalue weighted by molar-refractivity contribution is 5.19. The standard InChI is InChI=1S/C13H16N2O/c1-2-10-3-4-11(15-9-10)7-12-5-6-13(8-14)16-12/h3-6,9H,2,7-8,14H2,1H3. The summed E-state index contributed by atoms with van der Waals surface area (Å²) < 4.78 is 5.53. The van der Waals surface area contributed by atoms with E-state index >= 15 is 0 Å². The molecule has 84 valence electrons. The lowest BCUT2D eigenvalue weighted by atomic mass is 10.2. The molecule has 2 aromatic heterocycles. The zero-order chi connectivity index (χ0) is 11.4. The van der Waals surface area contributed by atoms with E-state index in [0.29, 0.717) is 6.54 Å². The average molecular weight is 216 g/mol. The molecule has 2 N–H and O–H groups in total. The fourth-order valence-corrected chi connectivity index (χ4v) is 1.57. The van der Waals surface area contributed by atoms with E-state index in [2.05, 4.69) is 18.0 Å². The van der Waals surface area contributed by atoms with E-state index in [0.717, 1.165) is 30.1 Å². The van der Waals surface area contributed by atoms with Gasteiger partial charge in [-0.25, -0.2) is 0 Å². The molecule has 3 heteroatoms. The van der Waals surface area contributed by atoms with Gasteiger partial charge in [-0.15, -0.1) is 0 Å². The Balaban J connectivity index is 2.08. The molecule has 0 unspecified atom stereocenters. The molecule has 0 spiro atoms. The molecule has 2 rings (SSSR count). The van der Waals surface area contributed by atoms with Crippen LogP contribution in [0.4, 0.5) is 0 Å². The van der Waals surface area contributed by atoms with Crippen molar-refractivity contribution >= 4 is 0 Å². The van der Waals surface area contributed by atoms with Crippen LogP contribution in [0.3, 0.4) is 0 Å². The van der Waals surface area contributed by atoms with Gasteiger partial charge >= 0.3 is 0 Å². The molecule has 2 aromatic rings. The summed E-state index contributed by atoms with van der Waals surface area (Å²) in [7, 11) is 0. The first-order valence-electron chi connectivity index (χ1n) is 5.53. The first-order chi connectivity index (χ1) is 7.81. The molecule has 0 saturated heterocycles. The highest BCUT2D eigenvalue weighted by atomic mass is 16.3. The van der Waals surface area contributed by atoms with Crippen LogP contribution in [-0.4, -0.2) is 4.98 Å². The molecule has 0 amide bonds. The van der Waals surface area contributed by atoms with Crippen LogP contribution >= 0.6 is 0 Å². The van der Waals surface area contributed by atoms with Gasteiger partial charge in [0, 0.05) is 18.3 Å². The molecule has 0 fully saturated rings. The molecular formula is C13H16N2O. The van der Waals surface area contributed by atoms with Gasteiger partial charge in [0.2, 0.25) is 0 Å². The van der Waals surface area contributed by atoms with Crippen LogP contribution in [0.15, 0.2) is 34.9 Å². The van der Waals surface area contributed by atoms with Crippen LogP contribution in [-0.2, 0) is 19.4 Å². The molecule has 16 heavy (non-hydrogen) atoms. The lowest BCUT2D eigenvalue weighted by Gasteiger charge is -1.99. The van der Waals surface area contributed by atoms with Crippen molar-refractivity contribution < 1.29 is 4.42 Å². The second-order valence-corrected chi connectivity index (χ2v) is 3.76. The Morgan fingerprint density at radius 1 is 1.19 bits per heavy atom. The highest BCUT2D eigenvalue weighted by Crippen LogP contribution is 2.12. The van der Waals surface area contributed by atoms with Crippen LogP contribution in [0.1, 0.15) is 29.7 Å². The molecule has 3 nitrogen and oxygen atoms in total. The first kappa shape index (κ1) is 10.9. The molecule has 0 aromatic carbocycles. The monoisotopic (exact) mass is 216 g/mol. The van der Waals surface area contributed by atoms with Gasteiger partial charge in [0.1, 0.15) is 11.5 Å². The minimum atomic E-state index is 0.447. The van der Waals surface area contributed by atoms with E-state index in [9.17, 15) is 0 Å². The summed E-state index contributed by atoms with van der Waals surface area (Å²) in [4.78, 5) is 4.39. The number of aromatic nitrogens is 1. The number of aryl methyl sites for hydroxylation is 1. The zero-order valence-corrected chi connectivity index (χ0v) is 9.44. The predicted molar refractivity (Wildman–Crippen MR) is 63.0 cm³/mol. The van der Waals surface area contributed by atoms with Gasteiger partial charge in [0.05, 0.1) is 6.54 Å². The van der Waals surface area contributed by atoms with Crippen LogP contribution < -0.4 is 5.73 Å². The van der Waals surface area contributed by atoms with E-state index in [1.807, 2.05) is 24.4 Å². The number of nitrogens with zero attached hydrogens (tertiary/aromatic N) is 1. The number of hydrogen-bond donors (Lipinski definition) is 1. The van der Waals surface area contributed by atoms with E-state index in [1.54, 1.807) is 0 Å². The Hall–Kier alpha value is -1.61. The maximum atomic E-state index is 5.53. The summed E-state index contributed by atoms with van der Waals surface area (Å²) >= 11 is 0. The molecule has 0 radical (unpaired) electrons. The van der Waals surface area contributed by atoms with E-state index in [4.69, 9.17) is 10.2 Å². The topological polar surface area (TPSA) is 52.0 Å². The quantitative estimate of drug-likeness (QED) is 0.853. The summed E-state index contributed by atoms with van der Waals surface area (Å²) in [5, 5.41) is 0. The minimum Gasteiger partial charge on any atom is -0.464 e. The average Bonchev–Trinajstić information content (AvgIpc) is 2.78. The summed E-state index contributed by atoms with van der Waals surface area (Å²) in [6.45, 7) is 2.57. The zero-order valence-electron chi connectivity index (χ0n) is 9.44. The first-order valence-corrected chi connectivity index (χ1v) is 5.53. The molecule has 0 aliphatic heterocycles. The number of nitrogens with two attached hydrogens (primary N) is 1. The molecule has 0 aliphatic carbocycles. The second kappa shape index (κ2) is 4.94. The van der Waals surface area contributed by atoms with E-state index in [1.165, 1.54) is 5.56 Å². The van der Waals surface area contributed by atoms with Crippen LogP contribution in [0.2, 0.25) is 0 Å². The van der Waals surface area contributed by atoms with Crippen molar-refractivity contribution in [2.45, 2.75) is 26.3 Å². The Morgan fingerprint density at radius 2 is 2.00 bits per heavy atom. The normalized spacial score (nSPS) is 10.6. The van der Waals surface area contributed by atoms with Gasteiger partial charge in [-0.2, -0.15) is 0 Å². The third kappa shape index (κ3) is 2.49. The Kier molecular flexibility index (Phi) is 3.37. The lowest BCUT2D eigenvalue weighted by Crippen LogP contribution is -1.94. The minimum absolute atomic E-state index is 0.447. The maximum absolute atomic E-state index is 5.53. The number of rotatable bonds is 4. The van der Waals surface area contributed by atoms with E-state index < -0.39 is 0 Å². The predicted octanol–water partition coefficient (Wildman–Crippen LogP) is 2.29. The van der Waals surface area contributed by atoms with Gasteiger partial charge in [0.15, 0.2) is 0 Å². The summed E-state index contributed by atoms with van der Waals surface area (Å²) in [5.41, 5.74) is 7.76. The summed E-state index contributed by atoms with van der Waals surface area (Å²) in [5.74, 6) is 1.73. The second-order valence-electron chi connectivity index (χ2n) is 3.76. The van der Waals surface area contributed by atoms with Crippen molar-refractivity contribution in [3.63, 3.8) is 0 Å². The Labute approximate surface area is 95.3 Å². The number of hydrogen-bond acceptors (Lipinski definition) is 3. The van der Waals surface area contributed by atoms with Crippen molar-refractivity contribution in [2.75, 3.05) is 0 Å². The van der Waals surface area contributed by atoms with Gasteiger partial charge in [-0.1, -0.05) is 13.0 Å². The van der Waals surface area contributed by atoms with Crippen molar-refractivity contribution in [3.05, 3.63) is 53.2 Å². The van der Waals surface area contributed by atoms with Crippen LogP contribution in [0.5, 0.6) is 0 Å². The molecule has 0 saturated carbocycles. The lowest BCUT2D eigenvalue weighted by molar-refractivity contribution is 0.474. The summed E-state index contributed by atoms with van der Waals surface area (Å²) in [6, 6.07) is 8.02. The van der Waals surface area contributed by atoms with Crippen molar-refractivity contribution in [2.24, 2.45) is 5.73 Å². The molecule has 0 atom stereocenters. The molecule has 2 heterocycles. The van der Waals surface area contributed by atoms with Gasteiger partial charge in [0.25, 0.3) is 0 Å². The summed E-state index contributed by atoms with van der Waals surface area (Å²) in [6.07, 6.45) is 3.66. The maximum Gasteiger partial charge on any atom is 0.117 e. The Bertz CT molecular complexity index is 445. The smallest absolute Gasteiger partial charge is 0.117 e. The van der Waals surface area contributed by atoms with E-state index in [-0.39, 0.29) is 0 Å². The van der Waals surface area contributed by atoms with Crippen LogP contribution in [0.25, 0.3) is 0 Å². The highest BCUT2D eigenvalue weighted by Gasteiger charge is 2.03. The fourth-order valence-electron chi connectivity index (χ4n) is 1.57. The largest absolute Gasteiger partial charge is 0.464 e. The number of furan rings is 1. The van der Waals surface area contributed by atoms with Gasteiger partial charge < -0.3 is 10.2 Å². The fraction of sp³-hybridized carbons (Fsp3) is 0.308. The van der Waals surface area contributed by atoms with Crippen molar-refractivity contribution in [1.29, 1.82) is 0 Å². The van der Waals surface area contributed by atoms with Gasteiger partial charge in [-0.05, 0) is 30.2 Å². The SMILES string of the molecule is CCc1ccc(Cc2ccc(CN)o2)nc1. The molecule has 0 aliphatic rings. The van der Waals surface area contributed by atoms with Crippen LogP contribution in [0, 0.1) is 0 Å². The molecule has 0 bridgehead atoms. The van der Waals surface area contributed by atoms with Crippen molar-refractivity contribution in [3.8, 4) is 0 Å². The van der Waals surface area contributed by atoms with Crippen molar-refractivity contribution in [1.82, 2.24) is 4.98 Å².